The average Bonchev–Trinajstić information content (AvgIpc) is 2.31. The quantitative estimate of drug-likeness (QED) is 0.821. The highest BCUT2D eigenvalue weighted by atomic mass is 79.9. The molecule has 1 aromatic heterocycles. The summed E-state index contributed by atoms with van der Waals surface area (Å²) in [7, 11) is 0. The molecule has 0 unspecified atom stereocenters. The van der Waals surface area contributed by atoms with Gasteiger partial charge >= 0.3 is 0 Å². The first-order chi connectivity index (χ1) is 7.52. The fraction of sp³-hybridized carbons (Fsp3) is 0.600. The molecule has 0 aliphatic carbocycles. The molecule has 0 radical (unpaired) electrons. The largest absolute Gasteiger partial charge is 0.388 e. The molecule has 1 aromatic rings. The van der Waals surface area contributed by atoms with E-state index in [2.05, 4.69) is 31.2 Å². The minimum absolute atomic E-state index is 0.356. The Morgan fingerprint density at radius 1 is 1.44 bits per heavy atom. The molecule has 1 heterocycles. The fourth-order valence-corrected chi connectivity index (χ4v) is 1.70. The number of aliphatic hydroxyl groups is 1. The second kappa shape index (κ2) is 5.80. The van der Waals surface area contributed by atoms with Crippen molar-refractivity contribution in [3.8, 4) is 0 Å². The van der Waals surface area contributed by atoms with E-state index in [4.69, 9.17) is 11.6 Å². The van der Waals surface area contributed by atoms with Crippen LogP contribution in [0.15, 0.2) is 10.8 Å². The van der Waals surface area contributed by atoms with E-state index < -0.39 is 5.60 Å². The van der Waals surface area contributed by atoms with E-state index in [0.717, 1.165) is 0 Å². The van der Waals surface area contributed by atoms with Gasteiger partial charge in [0.05, 0.1) is 10.1 Å². The van der Waals surface area contributed by atoms with Gasteiger partial charge < -0.3 is 10.4 Å². The second-order valence-electron chi connectivity index (χ2n) is 3.61. The minimum Gasteiger partial charge on any atom is -0.388 e. The highest BCUT2D eigenvalue weighted by Crippen LogP contribution is 2.26. The van der Waals surface area contributed by atoms with Crippen LogP contribution < -0.4 is 5.32 Å². The zero-order valence-electron chi connectivity index (χ0n) is 9.30. The van der Waals surface area contributed by atoms with Gasteiger partial charge in [-0.25, -0.2) is 9.97 Å². The third kappa shape index (κ3) is 3.30. The van der Waals surface area contributed by atoms with Crippen LogP contribution in [0.2, 0.25) is 5.15 Å². The topological polar surface area (TPSA) is 58.0 Å². The fourth-order valence-electron chi connectivity index (χ4n) is 1.22. The van der Waals surface area contributed by atoms with Crippen molar-refractivity contribution in [2.75, 3.05) is 11.9 Å². The lowest BCUT2D eigenvalue weighted by Crippen LogP contribution is -2.35. The number of hydrogen-bond acceptors (Lipinski definition) is 4. The zero-order valence-corrected chi connectivity index (χ0v) is 11.6. The molecule has 0 bridgehead atoms. The Kier molecular flexibility index (Phi) is 4.95. The van der Waals surface area contributed by atoms with Crippen LogP contribution in [0.3, 0.4) is 0 Å². The molecule has 0 aliphatic heterocycles. The van der Waals surface area contributed by atoms with Crippen molar-refractivity contribution < 1.29 is 5.11 Å². The van der Waals surface area contributed by atoms with Crippen molar-refractivity contribution in [1.82, 2.24) is 9.97 Å². The van der Waals surface area contributed by atoms with Crippen LogP contribution in [0.4, 0.5) is 5.82 Å². The first kappa shape index (κ1) is 13.7. The number of halogens is 2. The first-order valence-electron chi connectivity index (χ1n) is 5.14. The third-order valence-electron chi connectivity index (χ3n) is 2.65. The normalized spacial score (nSPS) is 11.6. The molecular formula is C10H15BrClN3O. The molecule has 16 heavy (non-hydrogen) atoms. The molecule has 0 amide bonds. The van der Waals surface area contributed by atoms with Gasteiger partial charge in [-0.05, 0) is 28.8 Å². The van der Waals surface area contributed by atoms with Crippen LogP contribution in [0.25, 0.3) is 0 Å². The molecule has 0 saturated heterocycles. The van der Waals surface area contributed by atoms with Gasteiger partial charge in [0.1, 0.15) is 17.3 Å². The molecule has 4 nitrogen and oxygen atoms in total. The molecule has 0 saturated carbocycles. The van der Waals surface area contributed by atoms with Crippen LogP contribution in [-0.4, -0.2) is 27.2 Å². The van der Waals surface area contributed by atoms with Gasteiger partial charge in [0.15, 0.2) is 0 Å². The van der Waals surface area contributed by atoms with Crippen molar-refractivity contribution in [3.05, 3.63) is 16.0 Å². The molecule has 90 valence electrons. The first-order valence-corrected chi connectivity index (χ1v) is 6.31. The van der Waals surface area contributed by atoms with Crippen LogP contribution in [0.1, 0.15) is 26.7 Å². The van der Waals surface area contributed by atoms with Gasteiger partial charge in [0.25, 0.3) is 0 Å². The molecule has 0 fully saturated rings. The summed E-state index contributed by atoms with van der Waals surface area (Å²) in [6.45, 7) is 4.34. The molecule has 0 atom stereocenters. The molecule has 2 N–H and O–H groups in total. The number of nitrogens with one attached hydrogen (secondary N) is 1. The smallest absolute Gasteiger partial charge is 0.148 e. The molecule has 0 aromatic carbocycles. The summed E-state index contributed by atoms with van der Waals surface area (Å²) in [6, 6.07) is 0. The molecule has 6 heteroatoms. The zero-order chi connectivity index (χ0) is 12.2. The number of anilines is 1. The maximum absolute atomic E-state index is 10.1. The Morgan fingerprint density at radius 3 is 2.62 bits per heavy atom. The van der Waals surface area contributed by atoms with Crippen LogP contribution >= 0.6 is 27.5 Å². The second-order valence-corrected chi connectivity index (χ2v) is 4.76. The molecule has 0 spiro atoms. The Labute approximate surface area is 109 Å². The van der Waals surface area contributed by atoms with E-state index in [0.29, 0.717) is 34.8 Å². The predicted molar refractivity (Wildman–Crippen MR) is 68.8 cm³/mol. The minimum atomic E-state index is -0.711. The molecular weight excluding hydrogens is 293 g/mol. The number of rotatable bonds is 5. The van der Waals surface area contributed by atoms with Crippen LogP contribution in [-0.2, 0) is 0 Å². The Morgan fingerprint density at radius 2 is 2.06 bits per heavy atom. The van der Waals surface area contributed by atoms with Gasteiger partial charge in [-0.1, -0.05) is 25.4 Å². The summed E-state index contributed by atoms with van der Waals surface area (Å²) in [6.07, 6.45) is 2.76. The van der Waals surface area contributed by atoms with Crippen molar-refractivity contribution in [1.29, 1.82) is 0 Å². The van der Waals surface area contributed by atoms with E-state index in [1.807, 2.05) is 13.8 Å². The average molecular weight is 309 g/mol. The molecule has 1 rings (SSSR count). The Balaban J connectivity index is 2.71. The maximum Gasteiger partial charge on any atom is 0.148 e. The summed E-state index contributed by atoms with van der Waals surface area (Å²) in [5.74, 6) is 0.598. The highest BCUT2D eigenvalue weighted by Gasteiger charge is 2.22. The summed E-state index contributed by atoms with van der Waals surface area (Å²) in [5.41, 5.74) is -0.711. The Hall–Kier alpha value is -0.390. The van der Waals surface area contributed by atoms with Gasteiger partial charge in [-0.2, -0.15) is 0 Å². The van der Waals surface area contributed by atoms with Crippen molar-refractivity contribution in [2.24, 2.45) is 0 Å². The summed E-state index contributed by atoms with van der Waals surface area (Å²) < 4.78 is 0.617. The summed E-state index contributed by atoms with van der Waals surface area (Å²) >= 11 is 9.12. The number of aromatic nitrogens is 2. The lowest BCUT2D eigenvalue weighted by molar-refractivity contribution is 0.0456. The number of hydrogen-bond donors (Lipinski definition) is 2. The van der Waals surface area contributed by atoms with E-state index in [1.54, 1.807) is 0 Å². The standard InChI is InChI=1S/C10H15BrClN3O/c1-3-10(16,4-2)5-13-9-7(11)8(12)14-6-15-9/h6,16H,3-5H2,1-2H3,(H,13,14,15). The van der Waals surface area contributed by atoms with Gasteiger partial charge in [-0.15, -0.1) is 0 Å². The predicted octanol–water partition coefficient (Wildman–Crippen LogP) is 2.86. The lowest BCUT2D eigenvalue weighted by Gasteiger charge is -2.25. The van der Waals surface area contributed by atoms with Crippen molar-refractivity contribution >= 4 is 33.3 Å². The summed E-state index contributed by atoms with van der Waals surface area (Å²) in [4.78, 5) is 7.88. The van der Waals surface area contributed by atoms with Gasteiger partial charge in [-0.3, -0.25) is 0 Å². The highest BCUT2D eigenvalue weighted by molar-refractivity contribution is 9.10. The van der Waals surface area contributed by atoms with E-state index in [1.165, 1.54) is 6.33 Å². The molecule has 0 aliphatic rings. The maximum atomic E-state index is 10.1. The monoisotopic (exact) mass is 307 g/mol. The Bertz CT molecular complexity index is 358. The van der Waals surface area contributed by atoms with Crippen molar-refractivity contribution in [3.63, 3.8) is 0 Å². The van der Waals surface area contributed by atoms with Crippen LogP contribution in [0, 0.1) is 0 Å². The van der Waals surface area contributed by atoms with Gasteiger partial charge in [0.2, 0.25) is 0 Å². The summed E-state index contributed by atoms with van der Waals surface area (Å²) in [5, 5.41) is 13.5. The van der Waals surface area contributed by atoms with Crippen molar-refractivity contribution in [2.45, 2.75) is 32.3 Å². The van der Waals surface area contributed by atoms with Gasteiger partial charge in [0, 0.05) is 6.54 Å². The number of nitrogens with zero attached hydrogens (tertiary/aromatic N) is 2. The van der Waals surface area contributed by atoms with Crippen LogP contribution in [0.5, 0.6) is 0 Å². The van der Waals surface area contributed by atoms with E-state index >= 15 is 0 Å². The SMILES string of the molecule is CCC(O)(CC)CNc1ncnc(Cl)c1Br. The van der Waals surface area contributed by atoms with E-state index in [9.17, 15) is 5.11 Å². The van der Waals surface area contributed by atoms with E-state index in [-0.39, 0.29) is 0 Å². The lowest BCUT2D eigenvalue weighted by atomic mass is 9.98. The third-order valence-corrected chi connectivity index (χ3v) is 3.91.